The van der Waals surface area contributed by atoms with Crippen LogP contribution in [0.1, 0.15) is 29.3 Å². The van der Waals surface area contributed by atoms with Gasteiger partial charge in [-0.1, -0.05) is 53.7 Å². The van der Waals surface area contributed by atoms with Crippen LogP contribution in [0.25, 0.3) is 10.2 Å². The molecule has 4 aromatic rings. The molecule has 1 N–H and O–H groups in total. The van der Waals surface area contributed by atoms with E-state index in [9.17, 15) is 19.7 Å². The van der Waals surface area contributed by atoms with Gasteiger partial charge in [-0.2, -0.15) is 0 Å². The van der Waals surface area contributed by atoms with Gasteiger partial charge in [-0.05, 0) is 43.4 Å². The van der Waals surface area contributed by atoms with Gasteiger partial charge in [0.15, 0.2) is 5.16 Å². The topological polar surface area (TPSA) is 107 Å². The van der Waals surface area contributed by atoms with E-state index in [1.807, 2.05) is 30.3 Å². The number of non-ortho nitro benzene ring substituents is 1. The van der Waals surface area contributed by atoms with Crippen molar-refractivity contribution in [1.29, 1.82) is 0 Å². The standard InChI is InChI=1S/C25H21ClN4O4S2/c1-14(22(31)27-19-12-16(30(33)34)10-11-18(19)26)35-25-28-23-21(17-8-5-9-20(17)36-23)24(32)29(25)13-15-6-3-2-4-7-15/h2-4,6-7,10-12,14H,5,8-9,13H2,1H3,(H,27,31)/t14-/m1/s1. The Labute approximate surface area is 219 Å². The van der Waals surface area contributed by atoms with Gasteiger partial charge >= 0.3 is 0 Å². The number of carbonyl (C=O) groups is 1. The lowest BCUT2D eigenvalue weighted by Crippen LogP contribution is -2.27. The monoisotopic (exact) mass is 540 g/mol. The number of nitro groups is 1. The Balaban J connectivity index is 1.48. The summed E-state index contributed by atoms with van der Waals surface area (Å²) in [7, 11) is 0. The first kappa shape index (κ1) is 24.5. The van der Waals surface area contributed by atoms with Gasteiger partial charge < -0.3 is 5.32 Å². The average Bonchev–Trinajstić information content (AvgIpc) is 3.44. The largest absolute Gasteiger partial charge is 0.324 e. The van der Waals surface area contributed by atoms with Gasteiger partial charge in [-0.3, -0.25) is 24.3 Å². The molecule has 0 spiro atoms. The summed E-state index contributed by atoms with van der Waals surface area (Å²) in [6.45, 7) is 2.03. The molecule has 5 rings (SSSR count). The Morgan fingerprint density at radius 1 is 1.28 bits per heavy atom. The summed E-state index contributed by atoms with van der Waals surface area (Å²) in [5.41, 5.74) is 1.94. The van der Waals surface area contributed by atoms with E-state index in [4.69, 9.17) is 16.6 Å². The van der Waals surface area contributed by atoms with Gasteiger partial charge in [-0.25, -0.2) is 4.98 Å². The molecule has 1 atom stereocenters. The zero-order valence-corrected chi connectivity index (χ0v) is 21.6. The first-order valence-electron chi connectivity index (χ1n) is 11.3. The molecule has 2 aromatic heterocycles. The van der Waals surface area contributed by atoms with Crippen LogP contribution >= 0.6 is 34.7 Å². The molecule has 1 amide bonds. The number of halogens is 1. The van der Waals surface area contributed by atoms with E-state index in [-0.39, 0.29) is 22.0 Å². The SMILES string of the molecule is C[C@@H](Sc1nc2sc3c(c2c(=O)n1Cc1ccccc1)CCC3)C(=O)Nc1cc([N+](=O)[O-])ccc1Cl. The van der Waals surface area contributed by atoms with E-state index in [2.05, 4.69) is 5.32 Å². The van der Waals surface area contributed by atoms with Gasteiger partial charge in [0.05, 0.1) is 32.8 Å². The first-order valence-corrected chi connectivity index (χ1v) is 13.4. The van der Waals surface area contributed by atoms with Crippen molar-refractivity contribution in [3.63, 3.8) is 0 Å². The van der Waals surface area contributed by atoms with Crippen LogP contribution in [-0.2, 0) is 24.2 Å². The number of hydrogen-bond donors (Lipinski definition) is 1. The molecule has 0 saturated heterocycles. The minimum absolute atomic E-state index is 0.0971. The number of nitrogens with one attached hydrogen (secondary N) is 1. The highest BCUT2D eigenvalue weighted by molar-refractivity contribution is 8.00. The Morgan fingerprint density at radius 3 is 2.81 bits per heavy atom. The normalized spacial score (nSPS) is 13.5. The highest BCUT2D eigenvalue weighted by atomic mass is 35.5. The molecular weight excluding hydrogens is 520 g/mol. The zero-order chi connectivity index (χ0) is 25.4. The Morgan fingerprint density at radius 2 is 2.06 bits per heavy atom. The number of benzene rings is 2. The smallest absolute Gasteiger partial charge is 0.271 e. The molecular formula is C25H21ClN4O4S2. The Hall–Kier alpha value is -3.21. The van der Waals surface area contributed by atoms with Gasteiger partial charge in [0.2, 0.25) is 5.91 Å². The number of nitrogens with zero attached hydrogens (tertiary/aromatic N) is 3. The van der Waals surface area contributed by atoms with Crippen molar-refractivity contribution >= 4 is 62.2 Å². The van der Waals surface area contributed by atoms with E-state index in [1.54, 1.807) is 22.8 Å². The number of aromatic nitrogens is 2. The number of aryl methyl sites for hydroxylation is 2. The van der Waals surface area contributed by atoms with Crippen molar-refractivity contribution in [2.45, 2.75) is 43.1 Å². The highest BCUT2D eigenvalue weighted by Gasteiger charge is 2.26. The van der Waals surface area contributed by atoms with Crippen LogP contribution in [0.4, 0.5) is 11.4 Å². The molecule has 0 unspecified atom stereocenters. The molecule has 2 aromatic carbocycles. The molecule has 1 aliphatic carbocycles. The maximum atomic E-state index is 13.7. The number of carbonyl (C=O) groups excluding carboxylic acids is 1. The Bertz CT molecular complexity index is 1550. The average molecular weight is 541 g/mol. The molecule has 0 fully saturated rings. The number of rotatable bonds is 7. The number of amides is 1. The van der Waals surface area contributed by atoms with Crippen LogP contribution in [0.3, 0.4) is 0 Å². The molecule has 0 radical (unpaired) electrons. The predicted octanol–water partition coefficient (Wildman–Crippen LogP) is 5.68. The molecule has 0 saturated carbocycles. The Kier molecular flexibility index (Phi) is 6.83. The molecule has 11 heteroatoms. The second kappa shape index (κ2) is 10.0. The molecule has 36 heavy (non-hydrogen) atoms. The third-order valence-corrected chi connectivity index (χ3v) is 8.65. The lowest BCUT2D eigenvalue weighted by Gasteiger charge is -2.16. The molecule has 0 bridgehead atoms. The maximum Gasteiger partial charge on any atom is 0.271 e. The first-order chi connectivity index (χ1) is 17.3. The second-order valence-corrected chi connectivity index (χ2v) is 11.3. The number of nitro benzene ring substituents is 1. The molecule has 8 nitrogen and oxygen atoms in total. The van der Waals surface area contributed by atoms with Crippen LogP contribution < -0.4 is 10.9 Å². The van der Waals surface area contributed by atoms with Crippen molar-refractivity contribution in [1.82, 2.24) is 9.55 Å². The lowest BCUT2D eigenvalue weighted by atomic mass is 10.2. The van der Waals surface area contributed by atoms with Gasteiger partial charge in [0, 0.05) is 17.0 Å². The van der Waals surface area contributed by atoms with Crippen molar-refractivity contribution in [2.75, 3.05) is 5.32 Å². The van der Waals surface area contributed by atoms with E-state index in [1.165, 1.54) is 34.8 Å². The van der Waals surface area contributed by atoms with Crippen molar-refractivity contribution in [2.24, 2.45) is 0 Å². The van der Waals surface area contributed by atoms with E-state index < -0.39 is 16.1 Å². The van der Waals surface area contributed by atoms with Gasteiger partial charge in [0.25, 0.3) is 11.2 Å². The van der Waals surface area contributed by atoms with E-state index in [0.717, 1.165) is 30.4 Å². The number of thioether (sulfide) groups is 1. The minimum Gasteiger partial charge on any atom is -0.324 e. The van der Waals surface area contributed by atoms with Crippen molar-refractivity contribution < 1.29 is 9.72 Å². The van der Waals surface area contributed by atoms with Gasteiger partial charge in [-0.15, -0.1) is 11.3 Å². The summed E-state index contributed by atoms with van der Waals surface area (Å²) in [5.74, 6) is -0.406. The summed E-state index contributed by atoms with van der Waals surface area (Å²) < 4.78 is 1.64. The predicted molar refractivity (Wildman–Crippen MR) is 144 cm³/mol. The fraction of sp³-hybridized carbons (Fsp3) is 0.240. The minimum atomic E-state index is -0.654. The summed E-state index contributed by atoms with van der Waals surface area (Å²) in [5, 5.41) is 14.5. The van der Waals surface area contributed by atoms with Crippen LogP contribution in [0, 0.1) is 10.1 Å². The fourth-order valence-corrected chi connectivity index (χ4v) is 6.60. The van der Waals surface area contributed by atoms with Crippen molar-refractivity contribution in [3.8, 4) is 0 Å². The number of anilines is 1. The second-order valence-electron chi connectivity index (χ2n) is 8.48. The van der Waals surface area contributed by atoms with Crippen LogP contribution in [-0.4, -0.2) is 25.6 Å². The van der Waals surface area contributed by atoms with Crippen LogP contribution in [0.15, 0.2) is 58.5 Å². The third-order valence-electron chi connectivity index (χ3n) is 6.04. The van der Waals surface area contributed by atoms with Crippen LogP contribution in [0.5, 0.6) is 0 Å². The fourth-order valence-electron chi connectivity index (χ4n) is 4.22. The molecule has 0 aliphatic heterocycles. The number of fused-ring (bicyclic) bond motifs is 3. The van der Waals surface area contributed by atoms with Gasteiger partial charge in [0.1, 0.15) is 4.83 Å². The summed E-state index contributed by atoms with van der Waals surface area (Å²) in [6.07, 6.45) is 2.88. The third kappa shape index (κ3) is 4.76. The number of thiophene rings is 1. The van der Waals surface area contributed by atoms with E-state index >= 15 is 0 Å². The summed E-state index contributed by atoms with van der Waals surface area (Å²) in [6, 6.07) is 13.5. The lowest BCUT2D eigenvalue weighted by molar-refractivity contribution is -0.384. The highest BCUT2D eigenvalue weighted by Crippen LogP contribution is 2.36. The zero-order valence-electron chi connectivity index (χ0n) is 19.2. The summed E-state index contributed by atoms with van der Waals surface area (Å²) in [4.78, 5) is 44.0. The quantitative estimate of drug-likeness (QED) is 0.140. The number of hydrogen-bond acceptors (Lipinski definition) is 7. The van der Waals surface area contributed by atoms with E-state index in [0.29, 0.717) is 21.9 Å². The molecule has 2 heterocycles. The van der Waals surface area contributed by atoms with Crippen molar-refractivity contribution in [3.05, 3.63) is 90.0 Å². The van der Waals surface area contributed by atoms with Crippen LogP contribution in [0.2, 0.25) is 5.02 Å². The molecule has 1 aliphatic rings. The summed E-state index contributed by atoms with van der Waals surface area (Å²) >= 11 is 8.87. The molecule has 184 valence electrons. The maximum absolute atomic E-state index is 13.7.